The number of hydrogen-bond donors (Lipinski definition) is 3. The molecule has 0 atom stereocenters. The van der Waals surface area contributed by atoms with Crippen LogP contribution in [0.5, 0.6) is 40.5 Å². The number of nitrogen functional groups attached to an aromatic ring is 1. The maximum atomic E-state index is 15.7. The molecule has 0 saturated carbocycles. The number of anilines is 1. The second-order valence-corrected chi connectivity index (χ2v) is 8.72. The van der Waals surface area contributed by atoms with Crippen LogP contribution < -0.4 is 24.8 Å². The largest absolute Gasteiger partial charge is 0.504 e. The van der Waals surface area contributed by atoms with E-state index in [2.05, 4.69) is 4.98 Å². The monoisotopic (exact) mass is 564 g/mol. The molecule has 41 heavy (non-hydrogen) atoms. The molecular weight excluding hydrogens is 538 g/mol. The van der Waals surface area contributed by atoms with Gasteiger partial charge in [-0.3, -0.25) is 5.41 Å². The van der Waals surface area contributed by atoms with Gasteiger partial charge in [0.2, 0.25) is 17.4 Å². The molecule has 0 saturated heterocycles. The number of hydrogen-bond acceptors (Lipinski definition) is 9. The minimum Gasteiger partial charge on any atom is -0.504 e. The average Bonchev–Trinajstić information content (AvgIpc) is 2.95. The zero-order valence-corrected chi connectivity index (χ0v) is 22.3. The van der Waals surface area contributed by atoms with E-state index in [9.17, 15) is 9.90 Å². The van der Waals surface area contributed by atoms with E-state index >= 15 is 8.78 Å². The van der Waals surface area contributed by atoms with Gasteiger partial charge in [0, 0.05) is 31.4 Å². The summed E-state index contributed by atoms with van der Waals surface area (Å²) in [5.74, 6) is -6.47. The van der Waals surface area contributed by atoms with Crippen molar-refractivity contribution in [1.82, 2.24) is 4.98 Å². The Hall–Kier alpha value is -5.39. The van der Waals surface area contributed by atoms with Crippen LogP contribution in [0.15, 0.2) is 66.7 Å². The second-order valence-electron chi connectivity index (χ2n) is 8.72. The van der Waals surface area contributed by atoms with Crippen molar-refractivity contribution in [2.45, 2.75) is 6.92 Å². The molecule has 12 heteroatoms. The lowest BCUT2D eigenvalue weighted by Crippen LogP contribution is -2.11. The quantitative estimate of drug-likeness (QED) is 0.121. The van der Waals surface area contributed by atoms with Crippen molar-refractivity contribution in [1.29, 1.82) is 5.41 Å². The average molecular weight is 565 g/mol. The normalized spacial score (nSPS) is 10.6. The Bertz CT molecular complexity index is 1600. The molecule has 0 aliphatic heterocycles. The molecule has 0 amide bonds. The molecule has 10 nitrogen and oxygen atoms in total. The van der Waals surface area contributed by atoms with Crippen molar-refractivity contribution in [3.63, 3.8) is 0 Å². The molecule has 4 aromatic rings. The maximum absolute atomic E-state index is 15.7. The smallest absolute Gasteiger partial charge is 0.338 e. The van der Waals surface area contributed by atoms with Crippen molar-refractivity contribution in [2.75, 3.05) is 25.6 Å². The van der Waals surface area contributed by atoms with Crippen LogP contribution in [0.1, 0.15) is 22.8 Å². The van der Waals surface area contributed by atoms with Crippen LogP contribution in [0.3, 0.4) is 0 Å². The van der Waals surface area contributed by atoms with Gasteiger partial charge in [0.15, 0.2) is 11.5 Å². The summed E-state index contributed by atoms with van der Waals surface area (Å²) in [4.78, 5) is 17.6. The number of benzene rings is 3. The van der Waals surface area contributed by atoms with Crippen molar-refractivity contribution in [2.24, 2.45) is 5.73 Å². The van der Waals surface area contributed by atoms with Gasteiger partial charge in [0.25, 0.3) is 11.8 Å². The van der Waals surface area contributed by atoms with Crippen molar-refractivity contribution < 1.29 is 37.6 Å². The van der Waals surface area contributed by atoms with E-state index in [-0.39, 0.29) is 40.8 Å². The Balaban J connectivity index is 1.77. The third-order valence-electron chi connectivity index (χ3n) is 5.59. The molecule has 4 rings (SSSR count). The van der Waals surface area contributed by atoms with Crippen LogP contribution in [-0.4, -0.2) is 42.6 Å². The summed E-state index contributed by atoms with van der Waals surface area (Å²) >= 11 is 0. The lowest BCUT2D eigenvalue weighted by molar-refractivity contribution is 0.0526. The molecule has 0 aliphatic carbocycles. The van der Waals surface area contributed by atoms with Crippen LogP contribution in [-0.2, 0) is 4.74 Å². The van der Waals surface area contributed by atoms with E-state index in [1.165, 1.54) is 42.5 Å². The van der Waals surface area contributed by atoms with Crippen LogP contribution >= 0.6 is 0 Å². The number of amidine groups is 1. The molecule has 4 N–H and O–H groups in total. The van der Waals surface area contributed by atoms with E-state index in [1.54, 1.807) is 36.1 Å². The molecule has 0 unspecified atom stereocenters. The summed E-state index contributed by atoms with van der Waals surface area (Å²) < 4.78 is 52.9. The highest BCUT2D eigenvalue weighted by Crippen LogP contribution is 2.41. The molecule has 0 radical (unpaired) electrons. The number of rotatable bonds is 10. The molecule has 212 valence electrons. The van der Waals surface area contributed by atoms with Crippen molar-refractivity contribution in [3.8, 4) is 40.5 Å². The van der Waals surface area contributed by atoms with Crippen LogP contribution in [0, 0.1) is 17.0 Å². The molecule has 3 aromatic carbocycles. The van der Waals surface area contributed by atoms with Gasteiger partial charge < -0.3 is 34.7 Å². The van der Waals surface area contributed by atoms with E-state index in [1.807, 2.05) is 14.1 Å². The van der Waals surface area contributed by atoms with Gasteiger partial charge in [-0.25, -0.2) is 4.79 Å². The lowest BCUT2D eigenvalue weighted by Gasteiger charge is -2.16. The van der Waals surface area contributed by atoms with Gasteiger partial charge in [-0.15, -0.1) is 0 Å². The number of carbonyl (C=O) groups excluding carboxylic acids is 1. The highest BCUT2D eigenvalue weighted by Gasteiger charge is 2.27. The molecule has 0 aliphatic rings. The molecular formula is C29H26F2N4O6. The highest BCUT2D eigenvalue weighted by molar-refractivity contribution is 5.95. The number of pyridine rings is 1. The topological polar surface area (TPSA) is 140 Å². The third kappa shape index (κ3) is 6.61. The van der Waals surface area contributed by atoms with Crippen LogP contribution in [0.2, 0.25) is 0 Å². The standard InChI is InChI=1S/C29H26F2N4O6/c1-4-38-29(37)16-8-11-19(12-9-16)39-25-23(30)27(40-20-7-5-6-18(15-20)35(2)3)34-28(24(25)31)41-22-14-17(26(32)33)10-13-21(22)36/h5-15,36H,4H2,1-3H3,(H3,32,33). The zero-order chi connectivity index (χ0) is 29.7. The Labute approximate surface area is 234 Å². The summed E-state index contributed by atoms with van der Waals surface area (Å²) in [6, 6.07) is 15.8. The van der Waals surface area contributed by atoms with Crippen LogP contribution in [0.4, 0.5) is 14.5 Å². The van der Waals surface area contributed by atoms with Crippen LogP contribution in [0.25, 0.3) is 0 Å². The molecule has 0 bridgehead atoms. The number of nitrogens with one attached hydrogen (secondary N) is 1. The molecule has 1 aromatic heterocycles. The predicted octanol–water partition coefficient (Wildman–Crippen LogP) is 5.97. The number of ether oxygens (including phenoxy) is 4. The summed E-state index contributed by atoms with van der Waals surface area (Å²) in [7, 11) is 3.62. The Morgan fingerprint density at radius 1 is 0.927 bits per heavy atom. The van der Waals surface area contributed by atoms with E-state index < -0.39 is 40.9 Å². The lowest BCUT2D eigenvalue weighted by atomic mass is 10.2. The van der Waals surface area contributed by atoms with E-state index in [0.717, 1.165) is 5.69 Å². The van der Waals surface area contributed by atoms with E-state index in [4.69, 9.17) is 30.1 Å². The number of phenols is 1. The van der Waals surface area contributed by atoms with Gasteiger partial charge in [-0.1, -0.05) is 6.07 Å². The first-order valence-corrected chi connectivity index (χ1v) is 12.2. The zero-order valence-electron chi connectivity index (χ0n) is 22.3. The third-order valence-corrected chi connectivity index (χ3v) is 5.59. The van der Waals surface area contributed by atoms with Gasteiger partial charge in [-0.2, -0.15) is 13.8 Å². The number of esters is 1. The highest BCUT2D eigenvalue weighted by atomic mass is 19.1. The fourth-order valence-corrected chi connectivity index (χ4v) is 3.50. The number of aromatic hydroxyl groups is 1. The number of nitrogens with two attached hydrogens (primary N) is 1. The van der Waals surface area contributed by atoms with E-state index in [0.29, 0.717) is 0 Å². The van der Waals surface area contributed by atoms with Crippen molar-refractivity contribution in [3.05, 3.63) is 89.5 Å². The number of aromatic nitrogens is 1. The number of nitrogens with zero attached hydrogens (tertiary/aromatic N) is 2. The fourth-order valence-electron chi connectivity index (χ4n) is 3.50. The second kappa shape index (κ2) is 12.2. The Morgan fingerprint density at radius 3 is 2.22 bits per heavy atom. The Morgan fingerprint density at radius 2 is 1.59 bits per heavy atom. The number of carbonyl (C=O) groups is 1. The molecule has 0 fully saturated rings. The molecule has 1 heterocycles. The number of halogens is 2. The van der Waals surface area contributed by atoms with Crippen molar-refractivity contribution >= 4 is 17.5 Å². The fraction of sp³-hybridized carbons (Fsp3) is 0.138. The first-order chi connectivity index (χ1) is 19.6. The minimum absolute atomic E-state index is 0.0185. The summed E-state index contributed by atoms with van der Waals surface area (Å²) in [5, 5.41) is 17.9. The molecule has 0 spiro atoms. The SMILES string of the molecule is CCOC(=O)c1ccc(Oc2c(F)c(Oc3cccc(N(C)C)c3)nc(Oc3cc(C(=N)N)ccc3O)c2F)cc1. The number of phenolic OH excluding ortho intramolecular Hbond substituents is 1. The first-order valence-electron chi connectivity index (χ1n) is 12.2. The minimum atomic E-state index is -1.35. The summed E-state index contributed by atoms with van der Waals surface area (Å²) in [6.45, 7) is 1.84. The van der Waals surface area contributed by atoms with Gasteiger partial charge in [0.1, 0.15) is 17.3 Å². The predicted molar refractivity (Wildman–Crippen MR) is 147 cm³/mol. The summed E-state index contributed by atoms with van der Waals surface area (Å²) in [6.07, 6.45) is 0. The van der Waals surface area contributed by atoms with Gasteiger partial charge >= 0.3 is 5.97 Å². The first kappa shape index (κ1) is 28.6. The van der Waals surface area contributed by atoms with Gasteiger partial charge in [-0.05, 0) is 61.5 Å². The summed E-state index contributed by atoms with van der Waals surface area (Å²) in [5.41, 5.74) is 6.64. The Kier molecular flexibility index (Phi) is 8.51. The van der Waals surface area contributed by atoms with Gasteiger partial charge in [0.05, 0.1) is 12.2 Å². The maximum Gasteiger partial charge on any atom is 0.338 e.